The summed E-state index contributed by atoms with van der Waals surface area (Å²) in [5.74, 6) is -0.275. The smallest absolute Gasteiger partial charge is 0.397 e. The Kier molecular flexibility index (Phi) is 6.32. The van der Waals surface area contributed by atoms with E-state index in [1.807, 2.05) is 0 Å². The second-order valence-corrected chi connectivity index (χ2v) is 6.40. The summed E-state index contributed by atoms with van der Waals surface area (Å²) in [6.45, 7) is 0.394. The number of nitrogens with zero attached hydrogens (tertiary/aromatic N) is 1. The van der Waals surface area contributed by atoms with E-state index in [-0.39, 0.29) is 0 Å². The largest absolute Gasteiger partial charge is 0.862 e. The lowest BCUT2D eigenvalue weighted by Crippen LogP contribution is -2.60. The molecule has 0 radical (unpaired) electrons. The van der Waals surface area contributed by atoms with E-state index in [2.05, 4.69) is 9.18 Å². The topological polar surface area (TPSA) is 158 Å². The maximum atomic E-state index is 11.3. The first-order valence-electron chi connectivity index (χ1n) is 7.24. The van der Waals surface area contributed by atoms with Gasteiger partial charge in [0, 0.05) is 0 Å². The molecule has 1 aliphatic heterocycles. The molecule has 1 fully saturated rings. The van der Waals surface area contributed by atoms with Crippen LogP contribution in [-0.4, -0.2) is 66.3 Å². The summed E-state index contributed by atoms with van der Waals surface area (Å²) in [6.07, 6.45) is -5.84. The Hall–Kier alpha value is -1.76. The number of aliphatic hydroxyl groups excluding tert-OH is 2. The molecule has 1 aromatic rings. The maximum absolute atomic E-state index is 11.3. The lowest BCUT2D eigenvalue weighted by Gasteiger charge is -2.41. The van der Waals surface area contributed by atoms with Crippen LogP contribution < -0.4 is 9.84 Å². The first-order chi connectivity index (χ1) is 11.7. The Morgan fingerprint density at radius 2 is 1.92 bits per heavy atom. The summed E-state index contributed by atoms with van der Waals surface area (Å²) in [6, 6.07) is 7.05. The quantitative estimate of drug-likeness (QED) is 0.304. The Bertz CT molecular complexity index is 690. The number of rotatable bonds is 6. The number of aliphatic imine (C=N–C) groups is 1. The second kappa shape index (κ2) is 8.08. The zero-order valence-corrected chi connectivity index (χ0v) is 13.9. The lowest BCUT2D eigenvalue weighted by molar-refractivity contribution is -0.243. The van der Waals surface area contributed by atoms with E-state index in [1.54, 1.807) is 30.3 Å². The Labute approximate surface area is 144 Å². The van der Waals surface area contributed by atoms with Crippen LogP contribution in [0.3, 0.4) is 0 Å². The monoisotopic (exact) mass is 376 g/mol. The van der Waals surface area contributed by atoms with Crippen molar-refractivity contribution in [3.05, 3.63) is 30.3 Å². The van der Waals surface area contributed by atoms with Gasteiger partial charge in [-0.3, -0.25) is 9.55 Å². The van der Waals surface area contributed by atoms with Crippen LogP contribution in [0, 0.1) is 0 Å². The lowest BCUT2D eigenvalue weighted by atomic mass is 9.97. The van der Waals surface area contributed by atoms with Crippen LogP contribution in [0.1, 0.15) is 6.92 Å². The molecule has 140 valence electrons. The van der Waals surface area contributed by atoms with E-state index >= 15 is 0 Å². The fourth-order valence-corrected chi connectivity index (χ4v) is 2.59. The van der Waals surface area contributed by atoms with Crippen molar-refractivity contribution in [2.45, 2.75) is 37.6 Å². The van der Waals surface area contributed by atoms with Crippen molar-refractivity contribution >= 4 is 16.3 Å². The van der Waals surface area contributed by atoms with Crippen molar-refractivity contribution in [3.8, 4) is 5.75 Å². The molecule has 3 N–H and O–H groups in total. The van der Waals surface area contributed by atoms with Crippen LogP contribution in [0.4, 0.5) is 0 Å². The number of aliphatic hydroxyl groups is 2. The first kappa shape index (κ1) is 19.6. The van der Waals surface area contributed by atoms with Crippen LogP contribution in [0.25, 0.3) is 0 Å². The minimum absolute atomic E-state index is 0.342. The van der Waals surface area contributed by atoms with Crippen molar-refractivity contribution in [2.75, 3.05) is 6.61 Å². The minimum Gasteiger partial charge on any atom is -0.862 e. The van der Waals surface area contributed by atoms with E-state index in [0.717, 1.165) is 6.92 Å². The van der Waals surface area contributed by atoms with Gasteiger partial charge in [0.1, 0.15) is 30.1 Å². The predicted octanol–water partition coefficient (Wildman–Crippen LogP) is -1.52. The fraction of sp³-hybridized carbons (Fsp3) is 0.500. The van der Waals surface area contributed by atoms with E-state index in [0.29, 0.717) is 5.75 Å². The van der Waals surface area contributed by atoms with Gasteiger partial charge in [-0.15, -0.1) is 0 Å². The average Bonchev–Trinajstić information content (AvgIpc) is 2.53. The van der Waals surface area contributed by atoms with Crippen molar-refractivity contribution in [1.82, 2.24) is 0 Å². The van der Waals surface area contributed by atoms with E-state index < -0.39 is 53.5 Å². The third-order valence-electron chi connectivity index (χ3n) is 3.38. The molecule has 0 spiro atoms. The minimum atomic E-state index is -4.76. The van der Waals surface area contributed by atoms with Gasteiger partial charge in [0.2, 0.25) is 6.29 Å². The molecule has 10 nitrogen and oxygen atoms in total. The van der Waals surface area contributed by atoms with Gasteiger partial charge in [-0.25, -0.2) is 4.18 Å². The van der Waals surface area contributed by atoms with Gasteiger partial charge >= 0.3 is 10.4 Å². The van der Waals surface area contributed by atoms with E-state index in [1.165, 1.54) is 0 Å². The van der Waals surface area contributed by atoms with E-state index in [4.69, 9.17) is 14.0 Å². The maximum Gasteiger partial charge on any atom is 0.397 e. The zero-order chi connectivity index (χ0) is 18.6. The molecule has 1 unspecified atom stereocenters. The molecule has 0 saturated carbocycles. The molecule has 0 bridgehead atoms. The molecule has 5 atom stereocenters. The number of hydrogen-bond acceptors (Lipinski definition) is 9. The molecule has 25 heavy (non-hydrogen) atoms. The Morgan fingerprint density at radius 1 is 1.28 bits per heavy atom. The molecule has 1 aliphatic rings. The van der Waals surface area contributed by atoms with Gasteiger partial charge in [-0.2, -0.15) is 8.42 Å². The van der Waals surface area contributed by atoms with Gasteiger partial charge in [0.15, 0.2) is 0 Å². The van der Waals surface area contributed by atoms with Crippen molar-refractivity contribution in [1.29, 1.82) is 0 Å². The standard InChI is InChI=1S/C14H19NO9S/c1-8(16)15-11-13(18)12(17)10(7-22-25(19,20)21)24-14(11)23-9-5-3-2-4-6-9/h2-6,10-14,17-18H,7H2,1H3,(H,15,16)(H,19,20,21)/p-1/t10-,11-,12+,13-,14?/m1/s1. The third kappa shape index (κ3) is 5.63. The number of hydrogen-bond donors (Lipinski definition) is 3. The predicted molar refractivity (Wildman–Crippen MR) is 82.1 cm³/mol. The molecule has 0 aliphatic carbocycles. The summed E-state index contributed by atoms with van der Waals surface area (Å²) in [7, 11) is -4.76. The highest BCUT2D eigenvalue weighted by molar-refractivity contribution is 7.80. The molecule has 2 rings (SSSR count). The Balaban J connectivity index is 2.21. The highest BCUT2D eigenvalue weighted by Crippen LogP contribution is 2.26. The van der Waals surface area contributed by atoms with Crippen molar-refractivity contribution in [2.24, 2.45) is 4.99 Å². The molecule has 0 aromatic heterocycles. The summed E-state index contributed by atoms with van der Waals surface area (Å²) in [5, 5.41) is 31.5. The normalized spacial score (nSPS) is 30.9. The number of ether oxygens (including phenoxy) is 2. The summed E-state index contributed by atoms with van der Waals surface area (Å²) < 4.78 is 45.1. The van der Waals surface area contributed by atoms with Crippen LogP contribution in [0.5, 0.6) is 5.75 Å². The van der Waals surface area contributed by atoms with Crippen LogP contribution in [0.2, 0.25) is 0 Å². The molecule has 11 heteroatoms. The highest BCUT2D eigenvalue weighted by atomic mass is 32.3. The van der Waals surface area contributed by atoms with Gasteiger partial charge in [-0.1, -0.05) is 18.2 Å². The molecule has 1 saturated heterocycles. The molecule has 1 heterocycles. The zero-order valence-electron chi connectivity index (χ0n) is 13.1. The molecular formula is C14H18NO9S-. The van der Waals surface area contributed by atoms with Crippen LogP contribution in [-0.2, 0) is 19.3 Å². The summed E-state index contributed by atoms with van der Waals surface area (Å²) in [4.78, 5) is 3.68. The van der Waals surface area contributed by atoms with Crippen molar-refractivity contribution < 1.29 is 41.9 Å². The number of para-hydroxylation sites is 1. The van der Waals surface area contributed by atoms with Gasteiger partial charge in [0.25, 0.3) is 0 Å². The first-order valence-corrected chi connectivity index (χ1v) is 8.60. The second-order valence-electron chi connectivity index (χ2n) is 5.31. The molecular weight excluding hydrogens is 358 g/mol. The highest BCUT2D eigenvalue weighted by Gasteiger charge is 2.46. The van der Waals surface area contributed by atoms with Crippen LogP contribution >= 0.6 is 0 Å². The van der Waals surface area contributed by atoms with Crippen LogP contribution in [0.15, 0.2) is 35.3 Å². The molecule has 0 amide bonds. The summed E-state index contributed by atoms with van der Waals surface area (Å²) in [5.41, 5.74) is 0. The molecule has 1 aromatic carbocycles. The van der Waals surface area contributed by atoms with Gasteiger partial charge in [-0.05, 0) is 25.0 Å². The fourth-order valence-electron chi connectivity index (χ4n) is 2.28. The SMILES string of the molecule is CC([O-])=N[C@H]1C(Oc2ccccc2)O[C@H](COS(=O)(=O)O)[C@H](O)[C@@H]1O. The van der Waals surface area contributed by atoms with Gasteiger partial charge < -0.3 is 24.8 Å². The number of benzene rings is 1. The average molecular weight is 376 g/mol. The third-order valence-corrected chi connectivity index (χ3v) is 3.81. The van der Waals surface area contributed by atoms with E-state index in [9.17, 15) is 23.7 Å². The summed E-state index contributed by atoms with van der Waals surface area (Å²) >= 11 is 0. The van der Waals surface area contributed by atoms with Gasteiger partial charge in [0.05, 0.1) is 6.61 Å². The Morgan fingerprint density at radius 3 is 2.48 bits per heavy atom. The van der Waals surface area contributed by atoms with Crippen molar-refractivity contribution in [3.63, 3.8) is 0 Å².